The molecule has 0 saturated carbocycles. The lowest BCUT2D eigenvalue weighted by Crippen LogP contribution is -2.36. The van der Waals surface area contributed by atoms with Crippen LogP contribution < -0.4 is 15.4 Å². The molecule has 0 aromatic heterocycles. The Kier molecular flexibility index (Phi) is 7.38. The molecule has 1 unspecified atom stereocenters. The SMILES string of the molecule is Cc1ccc(S(=O)(=O)N(CCC(=O)NCCC(C)N)c2ccccc2)cc1. The number of hydrogen-bond acceptors (Lipinski definition) is 4. The monoisotopic (exact) mass is 389 g/mol. The second-order valence-corrected chi connectivity index (χ2v) is 8.45. The Morgan fingerprint density at radius 2 is 1.74 bits per heavy atom. The molecule has 0 bridgehead atoms. The molecule has 2 aromatic rings. The lowest BCUT2D eigenvalue weighted by Gasteiger charge is -2.24. The zero-order valence-electron chi connectivity index (χ0n) is 15.8. The number of aryl methyl sites for hydroxylation is 1. The van der Waals surface area contributed by atoms with Gasteiger partial charge in [-0.2, -0.15) is 0 Å². The van der Waals surface area contributed by atoms with E-state index >= 15 is 0 Å². The van der Waals surface area contributed by atoms with Gasteiger partial charge in [0.2, 0.25) is 5.91 Å². The summed E-state index contributed by atoms with van der Waals surface area (Å²) >= 11 is 0. The Hall–Kier alpha value is -2.38. The van der Waals surface area contributed by atoms with E-state index in [1.54, 1.807) is 48.5 Å². The smallest absolute Gasteiger partial charge is 0.264 e. The van der Waals surface area contributed by atoms with Crippen molar-refractivity contribution in [2.75, 3.05) is 17.4 Å². The molecule has 0 fully saturated rings. The van der Waals surface area contributed by atoms with E-state index in [9.17, 15) is 13.2 Å². The molecule has 0 saturated heterocycles. The quantitative estimate of drug-likeness (QED) is 0.689. The fraction of sp³-hybridized carbons (Fsp3) is 0.350. The number of sulfonamides is 1. The number of nitrogens with zero attached hydrogens (tertiary/aromatic N) is 1. The summed E-state index contributed by atoms with van der Waals surface area (Å²) in [7, 11) is -3.77. The zero-order chi connectivity index (χ0) is 19.9. The highest BCUT2D eigenvalue weighted by Gasteiger charge is 2.25. The van der Waals surface area contributed by atoms with Gasteiger partial charge < -0.3 is 11.1 Å². The lowest BCUT2D eigenvalue weighted by molar-refractivity contribution is -0.120. The molecule has 2 aromatic carbocycles. The summed E-state index contributed by atoms with van der Waals surface area (Å²) < 4.78 is 27.6. The number of rotatable bonds is 9. The summed E-state index contributed by atoms with van der Waals surface area (Å²) in [5.74, 6) is -0.198. The second-order valence-electron chi connectivity index (χ2n) is 6.59. The first kappa shape index (κ1) is 20.9. The molecule has 146 valence electrons. The molecule has 0 aliphatic heterocycles. The predicted molar refractivity (Wildman–Crippen MR) is 108 cm³/mol. The van der Waals surface area contributed by atoms with Gasteiger partial charge in [-0.15, -0.1) is 0 Å². The van der Waals surface area contributed by atoms with Gasteiger partial charge in [0.15, 0.2) is 0 Å². The summed E-state index contributed by atoms with van der Waals surface area (Å²) in [5, 5.41) is 2.78. The van der Waals surface area contributed by atoms with Crippen molar-refractivity contribution in [2.24, 2.45) is 5.73 Å². The predicted octanol–water partition coefficient (Wildman–Crippen LogP) is 2.43. The van der Waals surface area contributed by atoms with Gasteiger partial charge in [-0.05, 0) is 44.5 Å². The van der Waals surface area contributed by atoms with E-state index in [1.807, 2.05) is 19.9 Å². The number of benzene rings is 2. The van der Waals surface area contributed by atoms with Crippen molar-refractivity contribution in [2.45, 2.75) is 37.6 Å². The van der Waals surface area contributed by atoms with Crippen LogP contribution >= 0.6 is 0 Å². The molecule has 0 heterocycles. The van der Waals surface area contributed by atoms with Crippen LogP contribution in [0.2, 0.25) is 0 Å². The molecule has 27 heavy (non-hydrogen) atoms. The molecule has 0 radical (unpaired) electrons. The average molecular weight is 390 g/mol. The van der Waals surface area contributed by atoms with E-state index in [4.69, 9.17) is 5.73 Å². The minimum atomic E-state index is -3.77. The van der Waals surface area contributed by atoms with Crippen molar-refractivity contribution < 1.29 is 13.2 Å². The molecule has 1 amide bonds. The lowest BCUT2D eigenvalue weighted by atomic mass is 10.2. The van der Waals surface area contributed by atoms with Gasteiger partial charge in [0.1, 0.15) is 0 Å². The fourth-order valence-electron chi connectivity index (χ4n) is 2.55. The summed E-state index contributed by atoms with van der Waals surface area (Å²) in [6, 6.07) is 15.5. The van der Waals surface area contributed by atoms with Crippen LogP contribution in [0.1, 0.15) is 25.3 Å². The first-order valence-corrected chi connectivity index (χ1v) is 10.4. The minimum Gasteiger partial charge on any atom is -0.356 e. The van der Waals surface area contributed by atoms with Crippen LogP contribution in [-0.4, -0.2) is 33.5 Å². The van der Waals surface area contributed by atoms with Gasteiger partial charge in [-0.3, -0.25) is 9.10 Å². The molecule has 2 rings (SSSR count). The van der Waals surface area contributed by atoms with Crippen molar-refractivity contribution >= 4 is 21.6 Å². The largest absolute Gasteiger partial charge is 0.356 e. The molecule has 1 atom stereocenters. The summed E-state index contributed by atoms with van der Waals surface area (Å²) in [6.45, 7) is 4.31. The first-order valence-electron chi connectivity index (χ1n) is 8.97. The molecule has 0 aliphatic carbocycles. The van der Waals surface area contributed by atoms with E-state index in [0.29, 0.717) is 18.7 Å². The third kappa shape index (κ3) is 6.08. The molecule has 7 heteroatoms. The number of nitrogens with two attached hydrogens (primary N) is 1. The topological polar surface area (TPSA) is 92.5 Å². The second kappa shape index (κ2) is 9.53. The van der Waals surface area contributed by atoms with Crippen LogP contribution in [0.15, 0.2) is 59.5 Å². The zero-order valence-corrected chi connectivity index (χ0v) is 16.6. The first-order chi connectivity index (χ1) is 12.8. The number of nitrogens with one attached hydrogen (secondary N) is 1. The van der Waals surface area contributed by atoms with Crippen LogP contribution in [0.5, 0.6) is 0 Å². The maximum atomic E-state index is 13.1. The van der Waals surface area contributed by atoms with Crippen LogP contribution in [0, 0.1) is 6.92 Å². The maximum absolute atomic E-state index is 13.1. The Labute approximate surface area is 161 Å². The van der Waals surface area contributed by atoms with Gasteiger partial charge in [0, 0.05) is 25.6 Å². The number of carbonyl (C=O) groups excluding carboxylic acids is 1. The van der Waals surface area contributed by atoms with Crippen molar-refractivity contribution in [3.05, 3.63) is 60.2 Å². The Balaban J connectivity index is 2.17. The summed E-state index contributed by atoms with van der Waals surface area (Å²) in [4.78, 5) is 12.3. The molecule has 0 aliphatic rings. The van der Waals surface area contributed by atoms with Gasteiger partial charge in [0.05, 0.1) is 10.6 Å². The van der Waals surface area contributed by atoms with E-state index in [2.05, 4.69) is 5.32 Å². The van der Waals surface area contributed by atoms with E-state index in [-0.39, 0.29) is 29.8 Å². The fourth-order valence-corrected chi connectivity index (χ4v) is 4.02. The van der Waals surface area contributed by atoms with Crippen LogP contribution in [0.4, 0.5) is 5.69 Å². The van der Waals surface area contributed by atoms with Crippen molar-refractivity contribution in [1.82, 2.24) is 5.32 Å². The van der Waals surface area contributed by atoms with Gasteiger partial charge in [-0.1, -0.05) is 35.9 Å². The number of hydrogen-bond donors (Lipinski definition) is 2. The van der Waals surface area contributed by atoms with Crippen molar-refractivity contribution in [3.8, 4) is 0 Å². The number of carbonyl (C=O) groups is 1. The average Bonchev–Trinajstić information content (AvgIpc) is 2.62. The normalized spacial score (nSPS) is 12.4. The minimum absolute atomic E-state index is 0.00744. The van der Waals surface area contributed by atoms with Crippen LogP contribution in [-0.2, 0) is 14.8 Å². The summed E-state index contributed by atoms with van der Waals surface area (Å²) in [6.07, 6.45) is 0.745. The highest BCUT2D eigenvalue weighted by molar-refractivity contribution is 7.92. The Morgan fingerprint density at radius 1 is 1.11 bits per heavy atom. The molecular weight excluding hydrogens is 362 g/mol. The highest BCUT2D eigenvalue weighted by atomic mass is 32.2. The Bertz CT molecular complexity index is 835. The van der Waals surface area contributed by atoms with Crippen LogP contribution in [0.3, 0.4) is 0 Å². The van der Waals surface area contributed by atoms with E-state index in [1.165, 1.54) is 4.31 Å². The van der Waals surface area contributed by atoms with E-state index in [0.717, 1.165) is 5.56 Å². The van der Waals surface area contributed by atoms with E-state index < -0.39 is 10.0 Å². The molecular formula is C20H27N3O3S. The summed E-state index contributed by atoms with van der Waals surface area (Å²) in [5.41, 5.74) is 7.18. The third-order valence-electron chi connectivity index (χ3n) is 4.12. The number of para-hydroxylation sites is 1. The number of amides is 1. The van der Waals surface area contributed by atoms with Crippen molar-refractivity contribution in [1.29, 1.82) is 0 Å². The van der Waals surface area contributed by atoms with Gasteiger partial charge in [0.25, 0.3) is 10.0 Å². The van der Waals surface area contributed by atoms with Gasteiger partial charge in [-0.25, -0.2) is 8.42 Å². The molecule has 3 N–H and O–H groups in total. The Morgan fingerprint density at radius 3 is 2.33 bits per heavy atom. The van der Waals surface area contributed by atoms with Gasteiger partial charge >= 0.3 is 0 Å². The molecule has 6 nitrogen and oxygen atoms in total. The highest BCUT2D eigenvalue weighted by Crippen LogP contribution is 2.24. The number of anilines is 1. The van der Waals surface area contributed by atoms with Crippen molar-refractivity contribution in [3.63, 3.8) is 0 Å². The maximum Gasteiger partial charge on any atom is 0.264 e. The molecule has 0 spiro atoms. The standard InChI is InChI=1S/C20H27N3O3S/c1-16-8-10-19(11-9-16)27(25,26)23(18-6-4-3-5-7-18)15-13-20(24)22-14-12-17(2)21/h3-11,17H,12-15,21H2,1-2H3,(H,22,24). The third-order valence-corrected chi connectivity index (χ3v) is 5.96. The van der Waals surface area contributed by atoms with Crippen LogP contribution in [0.25, 0.3) is 0 Å².